The fourth-order valence-corrected chi connectivity index (χ4v) is 3.38. The molecule has 0 saturated heterocycles. The van der Waals surface area contributed by atoms with E-state index in [0.717, 1.165) is 19.6 Å². The van der Waals surface area contributed by atoms with Gasteiger partial charge in [-0.25, -0.2) is 4.98 Å². The van der Waals surface area contributed by atoms with Gasteiger partial charge in [0.25, 0.3) is 5.91 Å². The van der Waals surface area contributed by atoms with E-state index in [1.165, 1.54) is 28.5 Å². The number of nitrogens with zero attached hydrogens (tertiary/aromatic N) is 3. The summed E-state index contributed by atoms with van der Waals surface area (Å²) in [6.45, 7) is 7.65. The van der Waals surface area contributed by atoms with Gasteiger partial charge in [0.1, 0.15) is 6.26 Å². The highest BCUT2D eigenvalue weighted by Crippen LogP contribution is 2.18. The third-order valence-electron chi connectivity index (χ3n) is 5.14. The number of oxazole rings is 1. The molecule has 0 saturated carbocycles. The molecule has 0 unspecified atom stereocenters. The number of nitrogens with one attached hydrogen (secondary N) is 1. The second kappa shape index (κ2) is 10.9. The fourth-order valence-electron chi connectivity index (χ4n) is 3.38. The Morgan fingerprint density at radius 2 is 1.81 bits per heavy atom. The Bertz CT molecular complexity index is 982. The summed E-state index contributed by atoms with van der Waals surface area (Å²) in [5.41, 5.74) is 5.33. The first-order valence-electron chi connectivity index (χ1n) is 10.6. The summed E-state index contributed by atoms with van der Waals surface area (Å²) in [7, 11) is 3.94. The quantitative estimate of drug-likeness (QED) is 0.541. The van der Waals surface area contributed by atoms with Gasteiger partial charge in [0, 0.05) is 26.2 Å². The molecule has 164 valence electrons. The Hall–Kier alpha value is -2.96. The number of hydrogen-bond acceptors (Lipinski definition) is 5. The number of aromatic nitrogens is 1. The number of aryl methyl sites for hydroxylation is 2. The fraction of sp³-hybridized carbons (Fsp3) is 0.360. The number of carbonyl (C=O) groups excluding carboxylic acids is 1. The van der Waals surface area contributed by atoms with Crippen molar-refractivity contribution in [3.05, 3.63) is 88.6 Å². The molecule has 1 aromatic heterocycles. The van der Waals surface area contributed by atoms with Crippen LogP contribution in [0.5, 0.6) is 0 Å². The van der Waals surface area contributed by atoms with E-state index in [0.29, 0.717) is 24.7 Å². The number of benzene rings is 2. The standard InChI is InChI=1S/C25H32N4O2/c1-19-10-11-20(2)22(14-19)16-29(15-21-8-6-5-7-9-21)17-24-27-23(18-31-24)25(30)26-12-13-28(3)4/h5-11,14,18H,12-13,15-17H2,1-4H3,(H,26,30). The molecule has 0 radical (unpaired) electrons. The van der Waals surface area contributed by atoms with Gasteiger partial charge in [0.05, 0.1) is 6.54 Å². The highest BCUT2D eigenvalue weighted by molar-refractivity contribution is 5.91. The molecule has 1 amide bonds. The highest BCUT2D eigenvalue weighted by atomic mass is 16.3. The summed E-state index contributed by atoms with van der Waals surface area (Å²) >= 11 is 0. The molecular formula is C25H32N4O2. The van der Waals surface area contributed by atoms with Crippen molar-refractivity contribution in [2.45, 2.75) is 33.5 Å². The largest absolute Gasteiger partial charge is 0.447 e. The lowest BCUT2D eigenvalue weighted by atomic mass is 10.0. The Kier molecular flexibility index (Phi) is 7.98. The van der Waals surface area contributed by atoms with Gasteiger partial charge in [0.2, 0.25) is 5.89 Å². The molecule has 2 aromatic carbocycles. The van der Waals surface area contributed by atoms with Gasteiger partial charge in [-0.3, -0.25) is 9.69 Å². The summed E-state index contributed by atoms with van der Waals surface area (Å²) < 4.78 is 5.65. The lowest BCUT2D eigenvalue weighted by molar-refractivity contribution is 0.0946. The van der Waals surface area contributed by atoms with Crippen LogP contribution in [0.3, 0.4) is 0 Å². The molecule has 0 aliphatic carbocycles. The van der Waals surface area contributed by atoms with Crippen LogP contribution in [-0.2, 0) is 19.6 Å². The van der Waals surface area contributed by atoms with Crippen molar-refractivity contribution in [1.29, 1.82) is 0 Å². The van der Waals surface area contributed by atoms with E-state index in [-0.39, 0.29) is 5.91 Å². The monoisotopic (exact) mass is 420 g/mol. The maximum Gasteiger partial charge on any atom is 0.273 e. The first kappa shape index (κ1) is 22.7. The Balaban J connectivity index is 1.72. The smallest absolute Gasteiger partial charge is 0.273 e. The molecule has 31 heavy (non-hydrogen) atoms. The molecule has 6 nitrogen and oxygen atoms in total. The van der Waals surface area contributed by atoms with Crippen molar-refractivity contribution in [2.75, 3.05) is 27.2 Å². The average molecular weight is 421 g/mol. The highest BCUT2D eigenvalue weighted by Gasteiger charge is 2.16. The van der Waals surface area contributed by atoms with Crippen LogP contribution in [0, 0.1) is 13.8 Å². The van der Waals surface area contributed by atoms with Crippen LogP contribution in [0.4, 0.5) is 0 Å². The van der Waals surface area contributed by atoms with E-state index in [9.17, 15) is 4.79 Å². The van der Waals surface area contributed by atoms with Crippen molar-refractivity contribution in [2.24, 2.45) is 0 Å². The zero-order valence-corrected chi connectivity index (χ0v) is 18.9. The number of amides is 1. The minimum absolute atomic E-state index is 0.207. The number of hydrogen-bond donors (Lipinski definition) is 1. The van der Waals surface area contributed by atoms with Crippen LogP contribution in [-0.4, -0.2) is 47.9 Å². The molecule has 6 heteroatoms. The van der Waals surface area contributed by atoms with Gasteiger partial charge < -0.3 is 14.6 Å². The minimum atomic E-state index is -0.207. The SMILES string of the molecule is Cc1ccc(C)c(CN(Cc2ccccc2)Cc2nc(C(=O)NCCN(C)C)co2)c1. The first-order chi connectivity index (χ1) is 14.9. The van der Waals surface area contributed by atoms with Crippen LogP contribution < -0.4 is 5.32 Å². The molecule has 3 rings (SSSR count). The Morgan fingerprint density at radius 3 is 2.55 bits per heavy atom. The second-order valence-electron chi connectivity index (χ2n) is 8.25. The Labute approximate surface area is 184 Å². The van der Waals surface area contributed by atoms with Crippen LogP contribution in [0.2, 0.25) is 0 Å². The average Bonchev–Trinajstić information content (AvgIpc) is 3.20. The maximum absolute atomic E-state index is 12.3. The van der Waals surface area contributed by atoms with Crippen LogP contribution in [0.15, 0.2) is 59.2 Å². The third-order valence-corrected chi connectivity index (χ3v) is 5.14. The second-order valence-corrected chi connectivity index (χ2v) is 8.25. The van der Waals surface area contributed by atoms with Gasteiger partial charge in [-0.15, -0.1) is 0 Å². The molecular weight excluding hydrogens is 388 g/mol. The van der Waals surface area contributed by atoms with Gasteiger partial charge >= 0.3 is 0 Å². The van der Waals surface area contributed by atoms with Crippen LogP contribution in [0.1, 0.15) is 38.6 Å². The van der Waals surface area contributed by atoms with Crippen molar-refractivity contribution in [1.82, 2.24) is 20.1 Å². The predicted octanol–water partition coefficient (Wildman–Crippen LogP) is 3.79. The topological polar surface area (TPSA) is 61.6 Å². The van der Waals surface area contributed by atoms with E-state index in [1.807, 2.05) is 37.2 Å². The van der Waals surface area contributed by atoms with E-state index in [4.69, 9.17) is 4.42 Å². The summed E-state index contributed by atoms with van der Waals surface area (Å²) in [5.74, 6) is 0.333. The zero-order valence-electron chi connectivity index (χ0n) is 18.9. The summed E-state index contributed by atoms with van der Waals surface area (Å²) in [6.07, 6.45) is 1.44. The summed E-state index contributed by atoms with van der Waals surface area (Å²) in [4.78, 5) is 21.1. The molecule has 0 fully saturated rings. The molecule has 1 N–H and O–H groups in total. The van der Waals surface area contributed by atoms with Crippen molar-refractivity contribution in [3.8, 4) is 0 Å². The molecule has 1 heterocycles. The predicted molar refractivity (Wildman–Crippen MR) is 123 cm³/mol. The number of carbonyl (C=O) groups is 1. The van der Waals surface area contributed by atoms with E-state index in [2.05, 4.69) is 59.4 Å². The molecule has 0 spiro atoms. The number of rotatable bonds is 10. The van der Waals surface area contributed by atoms with E-state index >= 15 is 0 Å². The van der Waals surface area contributed by atoms with E-state index in [1.54, 1.807) is 0 Å². The van der Waals surface area contributed by atoms with E-state index < -0.39 is 0 Å². The molecule has 3 aromatic rings. The van der Waals surface area contributed by atoms with Gasteiger partial charge in [-0.05, 0) is 44.6 Å². The van der Waals surface area contributed by atoms with Crippen molar-refractivity contribution in [3.63, 3.8) is 0 Å². The first-order valence-corrected chi connectivity index (χ1v) is 10.6. The molecule has 0 aliphatic heterocycles. The lowest BCUT2D eigenvalue weighted by Gasteiger charge is -2.22. The maximum atomic E-state index is 12.3. The van der Waals surface area contributed by atoms with Crippen LogP contribution >= 0.6 is 0 Å². The summed E-state index contributed by atoms with van der Waals surface area (Å²) in [6, 6.07) is 16.9. The normalized spacial score (nSPS) is 11.3. The van der Waals surface area contributed by atoms with Gasteiger partial charge in [0.15, 0.2) is 5.69 Å². The summed E-state index contributed by atoms with van der Waals surface area (Å²) in [5, 5.41) is 2.87. The van der Waals surface area contributed by atoms with Crippen molar-refractivity contribution >= 4 is 5.91 Å². The zero-order chi connectivity index (χ0) is 22.2. The number of likely N-dealkylation sites (N-methyl/N-ethyl adjacent to an activating group) is 1. The lowest BCUT2D eigenvalue weighted by Crippen LogP contribution is -2.31. The minimum Gasteiger partial charge on any atom is -0.447 e. The molecule has 0 atom stereocenters. The van der Waals surface area contributed by atoms with Crippen LogP contribution in [0.25, 0.3) is 0 Å². The van der Waals surface area contributed by atoms with Gasteiger partial charge in [-0.2, -0.15) is 0 Å². The molecule has 0 aliphatic rings. The van der Waals surface area contributed by atoms with Gasteiger partial charge in [-0.1, -0.05) is 54.1 Å². The Morgan fingerprint density at radius 1 is 1.03 bits per heavy atom. The van der Waals surface area contributed by atoms with Crippen molar-refractivity contribution < 1.29 is 9.21 Å². The third kappa shape index (κ3) is 7.05. The molecule has 0 bridgehead atoms.